The van der Waals surface area contributed by atoms with Gasteiger partial charge < -0.3 is 4.90 Å². The van der Waals surface area contributed by atoms with Gasteiger partial charge in [0.25, 0.3) is 5.91 Å². The number of amides is 1. The Balaban J connectivity index is 2.03. The summed E-state index contributed by atoms with van der Waals surface area (Å²) in [6, 6.07) is 9.58. The number of para-hydroxylation sites is 1. The molecule has 4 heteroatoms. The zero-order chi connectivity index (χ0) is 13.4. The van der Waals surface area contributed by atoms with Crippen molar-refractivity contribution in [1.29, 1.82) is 0 Å². The van der Waals surface area contributed by atoms with Gasteiger partial charge in [0.2, 0.25) is 0 Å². The topological polar surface area (TPSA) is 33.2 Å². The van der Waals surface area contributed by atoms with Crippen LogP contribution >= 0.6 is 11.6 Å². The van der Waals surface area contributed by atoms with Gasteiger partial charge in [0.15, 0.2) is 0 Å². The van der Waals surface area contributed by atoms with Crippen LogP contribution in [0.3, 0.4) is 0 Å². The second kappa shape index (κ2) is 4.82. The van der Waals surface area contributed by atoms with E-state index in [9.17, 15) is 4.79 Å². The number of fused-ring (bicyclic) bond motifs is 1. The molecule has 0 spiro atoms. The number of benzene rings is 1. The third-order valence-electron chi connectivity index (χ3n) is 3.70. The third kappa shape index (κ3) is 2.19. The first kappa shape index (κ1) is 12.4. The highest BCUT2D eigenvalue weighted by Gasteiger charge is 2.27. The van der Waals surface area contributed by atoms with Gasteiger partial charge in [-0.2, -0.15) is 0 Å². The normalized spacial score (nSPS) is 19.1. The van der Waals surface area contributed by atoms with E-state index < -0.39 is 0 Å². The van der Waals surface area contributed by atoms with Gasteiger partial charge in [-0.1, -0.05) is 29.8 Å². The zero-order valence-corrected chi connectivity index (χ0v) is 11.5. The van der Waals surface area contributed by atoms with Crippen molar-refractivity contribution in [2.75, 3.05) is 6.54 Å². The van der Waals surface area contributed by atoms with Gasteiger partial charge in [-0.3, -0.25) is 4.79 Å². The van der Waals surface area contributed by atoms with Gasteiger partial charge in [-0.05, 0) is 31.9 Å². The first-order valence-electron chi connectivity index (χ1n) is 6.53. The summed E-state index contributed by atoms with van der Waals surface area (Å²) in [7, 11) is 0. The van der Waals surface area contributed by atoms with Gasteiger partial charge in [-0.15, -0.1) is 0 Å². The molecule has 1 unspecified atom stereocenters. The predicted octanol–water partition coefficient (Wildman–Crippen LogP) is 3.51. The molecule has 0 radical (unpaired) electrons. The Labute approximate surface area is 117 Å². The molecule has 1 amide bonds. The van der Waals surface area contributed by atoms with Crippen LogP contribution in [0, 0.1) is 0 Å². The van der Waals surface area contributed by atoms with Crippen LogP contribution in [0.25, 0.3) is 10.9 Å². The van der Waals surface area contributed by atoms with Crippen LogP contribution in [-0.4, -0.2) is 28.4 Å². The molecule has 98 valence electrons. The van der Waals surface area contributed by atoms with Gasteiger partial charge in [-0.25, -0.2) is 4.98 Å². The molecule has 3 rings (SSSR count). The molecule has 3 nitrogen and oxygen atoms in total. The predicted molar refractivity (Wildman–Crippen MR) is 76.5 cm³/mol. The minimum absolute atomic E-state index is 0.0161. The van der Waals surface area contributed by atoms with Crippen molar-refractivity contribution in [3.8, 4) is 0 Å². The fourth-order valence-electron chi connectivity index (χ4n) is 2.62. The first-order valence-corrected chi connectivity index (χ1v) is 6.91. The molecule has 2 heterocycles. The van der Waals surface area contributed by atoms with Gasteiger partial charge in [0.1, 0.15) is 5.69 Å². The van der Waals surface area contributed by atoms with Crippen LogP contribution in [0.5, 0.6) is 0 Å². The highest BCUT2D eigenvalue weighted by atomic mass is 35.5. The van der Waals surface area contributed by atoms with E-state index in [0.29, 0.717) is 16.8 Å². The first-order chi connectivity index (χ1) is 9.16. The fraction of sp³-hybridized carbons (Fsp3) is 0.333. The minimum Gasteiger partial charge on any atom is -0.335 e. The fourth-order valence-corrected chi connectivity index (χ4v) is 2.89. The second-order valence-electron chi connectivity index (χ2n) is 5.00. The average molecular weight is 275 g/mol. The van der Waals surface area contributed by atoms with E-state index in [0.717, 1.165) is 30.3 Å². The number of carbonyl (C=O) groups excluding carboxylic acids is 1. The molecule has 2 aromatic rings. The summed E-state index contributed by atoms with van der Waals surface area (Å²) in [5.41, 5.74) is 1.21. The summed E-state index contributed by atoms with van der Waals surface area (Å²) in [6.45, 7) is 2.89. The molecule has 19 heavy (non-hydrogen) atoms. The van der Waals surface area contributed by atoms with Crippen LogP contribution in [-0.2, 0) is 0 Å². The number of aromatic nitrogens is 1. The molecule has 1 aromatic carbocycles. The highest BCUT2D eigenvalue weighted by molar-refractivity contribution is 6.35. The smallest absolute Gasteiger partial charge is 0.272 e. The van der Waals surface area contributed by atoms with Crippen molar-refractivity contribution in [2.45, 2.75) is 25.8 Å². The van der Waals surface area contributed by atoms with E-state index in [2.05, 4.69) is 11.9 Å². The lowest BCUT2D eigenvalue weighted by Crippen LogP contribution is -2.34. The largest absolute Gasteiger partial charge is 0.335 e. The van der Waals surface area contributed by atoms with Crippen LogP contribution < -0.4 is 0 Å². The van der Waals surface area contributed by atoms with Crippen LogP contribution in [0.2, 0.25) is 5.02 Å². The molecule has 0 aliphatic carbocycles. The van der Waals surface area contributed by atoms with E-state index >= 15 is 0 Å². The van der Waals surface area contributed by atoms with Gasteiger partial charge >= 0.3 is 0 Å². The monoisotopic (exact) mass is 274 g/mol. The standard InChI is InChI=1S/C15H15ClN2O/c1-10-5-4-8-18(10)15(19)14-9-12(16)11-6-2-3-7-13(11)17-14/h2-3,6-7,9-10H,4-5,8H2,1H3. The van der Waals surface area contributed by atoms with E-state index in [1.807, 2.05) is 29.2 Å². The van der Waals surface area contributed by atoms with Crippen LogP contribution in [0.4, 0.5) is 0 Å². The molecule has 0 saturated carbocycles. The molecular weight excluding hydrogens is 260 g/mol. The zero-order valence-electron chi connectivity index (χ0n) is 10.8. The van der Waals surface area contributed by atoms with E-state index in [1.165, 1.54) is 0 Å². The molecule has 1 saturated heterocycles. The Kier molecular flexibility index (Phi) is 3.15. The number of pyridine rings is 1. The maximum Gasteiger partial charge on any atom is 0.272 e. The van der Waals surface area contributed by atoms with Gasteiger partial charge in [0.05, 0.1) is 10.5 Å². The molecule has 0 N–H and O–H groups in total. The molecule has 1 aromatic heterocycles. The lowest BCUT2D eigenvalue weighted by molar-refractivity contribution is 0.0742. The number of halogens is 1. The Bertz CT molecular complexity index is 641. The summed E-state index contributed by atoms with van der Waals surface area (Å²) in [4.78, 5) is 18.8. The Hall–Kier alpha value is -1.61. The third-order valence-corrected chi connectivity index (χ3v) is 4.01. The lowest BCUT2D eigenvalue weighted by atomic mass is 10.2. The molecule has 1 aliphatic rings. The Morgan fingerprint density at radius 1 is 1.42 bits per heavy atom. The van der Waals surface area contributed by atoms with E-state index in [4.69, 9.17) is 11.6 Å². The quantitative estimate of drug-likeness (QED) is 0.797. The maximum atomic E-state index is 12.5. The van der Waals surface area contributed by atoms with Crippen LogP contribution in [0.1, 0.15) is 30.3 Å². The lowest BCUT2D eigenvalue weighted by Gasteiger charge is -2.21. The SMILES string of the molecule is CC1CCCN1C(=O)c1cc(Cl)c2ccccc2n1. The molecular formula is C15H15ClN2O. The van der Waals surface area contributed by atoms with E-state index in [-0.39, 0.29) is 5.91 Å². The number of rotatable bonds is 1. The molecule has 0 bridgehead atoms. The van der Waals surface area contributed by atoms with Crippen molar-refractivity contribution in [3.05, 3.63) is 41.0 Å². The number of hydrogen-bond donors (Lipinski definition) is 0. The summed E-state index contributed by atoms with van der Waals surface area (Å²) in [5, 5.41) is 1.47. The summed E-state index contributed by atoms with van der Waals surface area (Å²) >= 11 is 6.24. The van der Waals surface area contributed by atoms with Crippen molar-refractivity contribution in [1.82, 2.24) is 9.88 Å². The maximum absolute atomic E-state index is 12.5. The van der Waals surface area contributed by atoms with Crippen LogP contribution in [0.15, 0.2) is 30.3 Å². The number of hydrogen-bond acceptors (Lipinski definition) is 2. The summed E-state index contributed by atoms with van der Waals surface area (Å²) < 4.78 is 0. The van der Waals surface area contributed by atoms with Crippen molar-refractivity contribution >= 4 is 28.4 Å². The van der Waals surface area contributed by atoms with Gasteiger partial charge in [0, 0.05) is 18.0 Å². The van der Waals surface area contributed by atoms with E-state index in [1.54, 1.807) is 6.07 Å². The van der Waals surface area contributed by atoms with Crippen molar-refractivity contribution < 1.29 is 4.79 Å². The molecule has 1 fully saturated rings. The minimum atomic E-state index is -0.0161. The summed E-state index contributed by atoms with van der Waals surface area (Å²) in [5.74, 6) is -0.0161. The molecule has 1 atom stereocenters. The number of likely N-dealkylation sites (tertiary alicyclic amines) is 1. The molecule has 1 aliphatic heterocycles. The second-order valence-corrected chi connectivity index (χ2v) is 5.40. The average Bonchev–Trinajstić information content (AvgIpc) is 2.84. The Morgan fingerprint density at radius 2 is 2.21 bits per heavy atom. The van der Waals surface area contributed by atoms with Crippen molar-refractivity contribution in [3.63, 3.8) is 0 Å². The van der Waals surface area contributed by atoms with Crippen molar-refractivity contribution in [2.24, 2.45) is 0 Å². The summed E-state index contributed by atoms with van der Waals surface area (Å²) in [6.07, 6.45) is 2.13. The number of nitrogens with zero attached hydrogens (tertiary/aromatic N) is 2. The highest BCUT2D eigenvalue weighted by Crippen LogP contribution is 2.25. The number of carbonyl (C=O) groups is 1. The Morgan fingerprint density at radius 3 is 2.95 bits per heavy atom.